The van der Waals surface area contributed by atoms with Crippen molar-refractivity contribution in [2.45, 2.75) is 45.6 Å². The van der Waals surface area contributed by atoms with Gasteiger partial charge in [-0.05, 0) is 19.3 Å². The van der Waals surface area contributed by atoms with Crippen molar-refractivity contribution in [1.29, 1.82) is 0 Å². The molecule has 4 nitrogen and oxygen atoms in total. The zero-order valence-electron chi connectivity index (χ0n) is 9.45. The molecule has 0 aromatic rings. The fraction of sp³-hybridized carbons (Fsp3) is 0.818. The van der Waals surface area contributed by atoms with E-state index in [-0.39, 0.29) is 29.7 Å². The number of nitrogens with two attached hydrogens (primary N) is 1. The lowest BCUT2D eigenvalue weighted by molar-refractivity contribution is -0.127. The van der Waals surface area contributed by atoms with Crippen molar-refractivity contribution in [1.82, 2.24) is 5.32 Å². The number of carbonyl (C=O) groups excluding carboxylic acids is 2. The van der Waals surface area contributed by atoms with Crippen molar-refractivity contribution in [3.8, 4) is 0 Å². The Labute approximate surface area is 90.6 Å². The van der Waals surface area contributed by atoms with Crippen molar-refractivity contribution in [2.24, 2.45) is 17.6 Å². The van der Waals surface area contributed by atoms with Crippen molar-refractivity contribution >= 4 is 11.8 Å². The molecule has 86 valence electrons. The summed E-state index contributed by atoms with van der Waals surface area (Å²) in [7, 11) is 0. The first-order valence-electron chi connectivity index (χ1n) is 5.60. The third kappa shape index (κ3) is 3.53. The second-order valence-corrected chi connectivity index (χ2v) is 4.63. The Balaban J connectivity index is 2.43. The summed E-state index contributed by atoms with van der Waals surface area (Å²) in [6.45, 7) is 3.73. The summed E-state index contributed by atoms with van der Waals surface area (Å²) in [6, 6.07) is 0.131. The zero-order chi connectivity index (χ0) is 11.4. The molecule has 2 amide bonds. The van der Waals surface area contributed by atoms with Crippen LogP contribution in [0, 0.1) is 11.8 Å². The summed E-state index contributed by atoms with van der Waals surface area (Å²) in [5.74, 6) is -0.237. The van der Waals surface area contributed by atoms with E-state index in [1.54, 1.807) is 0 Å². The quantitative estimate of drug-likeness (QED) is 0.726. The van der Waals surface area contributed by atoms with Crippen LogP contribution in [0.3, 0.4) is 0 Å². The fourth-order valence-electron chi connectivity index (χ4n) is 1.95. The molecule has 1 fully saturated rings. The fourth-order valence-corrected chi connectivity index (χ4v) is 1.95. The number of amides is 2. The van der Waals surface area contributed by atoms with Gasteiger partial charge in [0.2, 0.25) is 11.8 Å². The van der Waals surface area contributed by atoms with Gasteiger partial charge < -0.3 is 11.1 Å². The predicted molar refractivity (Wildman–Crippen MR) is 57.9 cm³/mol. The molecule has 15 heavy (non-hydrogen) atoms. The largest absolute Gasteiger partial charge is 0.369 e. The van der Waals surface area contributed by atoms with Gasteiger partial charge in [-0.3, -0.25) is 9.59 Å². The van der Waals surface area contributed by atoms with E-state index < -0.39 is 0 Å². The van der Waals surface area contributed by atoms with E-state index >= 15 is 0 Å². The number of primary amides is 1. The van der Waals surface area contributed by atoms with Gasteiger partial charge in [-0.25, -0.2) is 0 Å². The molecule has 2 unspecified atom stereocenters. The second kappa shape index (κ2) is 5.14. The molecule has 0 spiro atoms. The monoisotopic (exact) mass is 212 g/mol. The minimum Gasteiger partial charge on any atom is -0.369 e. The lowest BCUT2D eigenvalue weighted by atomic mass is 9.85. The predicted octanol–water partition coefficient (Wildman–Crippen LogP) is 0.803. The maximum absolute atomic E-state index is 11.5. The van der Waals surface area contributed by atoms with Crippen LogP contribution in [0.25, 0.3) is 0 Å². The van der Waals surface area contributed by atoms with Gasteiger partial charge in [0.15, 0.2) is 0 Å². The van der Waals surface area contributed by atoms with E-state index in [1.807, 2.05) is 13.8 Å². The van der Waals surface area contributed by atoms with Crippen LogP contribution < -0.4 is 11.1 Å². The first-order chi connectivity index (χ1) is 7.00. The average molecular weight is 212 g/mol. The maximum atomic E-state index is 11.5. The highest BCUT2D eigenvalue weighted by atomic mass is 16.2. The maximum Gasteiger partial charge on any atom is 0.222 e. The van der Waals surface area contributed by atoms with E-state index in [2.05, 4.69) is 5.32 Å². The summed E-state index contributed by atoms with van der Waals surface area (Å²) in [4.78, 5) is 22.5. The molecule has 1 aliphatic rings. The molecule has 4 heteroatoms. The van der Waals surface area contributed by atoms with Crippen molar-refractivity contribution < 1.29 is 9.59 Å². The van der Waals surface area contributed by atoms with Crippen LogP contribution >= 0.6 is 0 Å². The van der Waals surface area contributed by atoms with E-state index in [9.17, 15) is 9.59 Å². The summed E-state index contributed by atoms with van der Waals surface area (Å²) < 4.78 is 0. The van der Waals surface area contributed by atoms with Crippen LogP contribution in [0.4, 0.5) is 0 Å². The molecule has 0 saturated heterocycles. The summed E-state index contributed by atoms with van der Waals surface area (Å²) in [5.41, 5.74) is 5.27. The highest BCUT2D eigenvalue weighted by Gasteiger charge is 2.26. The van der Waals surface area contributed by atoms with Gasteiger partial charge in [0.25, 0.3) is 0 Å². The van der Waals surface area contributed by atoms with Gasteiger partial charge in [0, 0.05) is 17.9 Å². The molecule has 0 aliphatic heterocycles. The molecular formula is C11H20N2O2. The van der Waals surface area contributed by atoms with Crippen LogP contribution in [-0.2, 0) is 9.59 Å². The minimum atomic E-state index is -0.238. The van der Waals surface area contributed by atoms with Crippen LogP contribution in [-0.4, -0.2) is 17.9 Å². The molecule has 0 heterocycles. The minimum absolute atomic E-state index is 0.000968. The van der Waals surface area contributed by atoms with Crippen LogP contribution in [0.5, 0.6) is 0 Å². The molecule has 0 aromatic carbocycles. The number of rotatable bonds is 3. The molecule has 1 saturated carbocycles. The molecule has 0 aromatic heterocycles. The van der Waals surface area contributed by atoms with E-state index in [1.165, 1.54) is 0 Å². The van der Waals surface area contributed by atoms with E-state index in [0.717, 1.165) is 19.3 Å². The third-order valence-corrected chi connectivity index (χ3v) is 2.95. The summed E-state index contributed by atoms with van der Waals surface area (Å²) in [6.07, 6.45) is 3.50. The Morgan fingerprint density at radius 1 is 1.33 bits per heavy atom. The van der Waals surface area contributed by atoms with Gasteiger partial charge in [0.05, 0.1) is 0 Å². The van der Waals surface area contributed by atoms with Crippen molar-refractivity contribution in [3.63, 3.8) is 0 Å². The lowest BCUT2D eigenvalue weighted by Gasteiger charge is -2.28. The molecule has 1 aliphatic carbocycles. The molecule has 0 bridgehead atoms. The number of carbonyl (C=O) groups is 2. The molecule has 2 atom stereocenters. The van der Waals surface area contributed by atoms with Crippen LogP contribution in [0.1, 0.15) is 39.5 Å². The van der Waals surface area contributed by atoms with Crippen molar-refractivity contribution in [3.05, 3.63) is 0 Å². The molecule has 1 rings (SSSR count). The Kier molecular flexibility index (Phi) is 4.12. The smallest absolute Gasteiger partial charge is 0.222 e. The summed E-state index contributed by atoms with van der Waals surface area (Å²) >= 11 is 0. The van der Waals surface area contributed by atoms with Gasteiger partial charge >= 0.3 is 0 Å². The molecular weight excluding hydrogens is 192 g/mol. The number of hydrogen-bond donors (Lipinski definition) is 2. The van der Waals surface area contributed by atoms with E-state index in [4.69, 9.17) is 5.73 Å². The molecule has 3 N–H and O–H groups in total. The Bertz CT molecular complexity index is 251. The Morgan fingerprint density at radius 2 is 2.00 bits per heavy atom. The van der Waals surface area contributed by atoms with Crippen LogP contribution in [0.15, 0.2) is 0 Å². The first-order valence-corrected chi connectivity index (χ1v) is 5.60. The Hall–Kier alpha value is -1.06. The average Bonchev–Trinajstić information content (AvgIpc) is 2.18. The SMILES string of the molecule is CC(C)C(=O)NC1CCCC(C(N)=O)C1. The van der Waals surface area contributed by atoms with Gasteiger partial charge in [-0.1, -0.05) is 20.3 Å². The highest BCUT2D eigenvalue weighted by molar-refractivity contribution is 5.79. The van der Waals surface area contributed by atoms with Gasteiger partial charge in [-0.15, -0.1) is 0 Å². The second-order valence-electron chi connectivity index (χ2n) is 4.63. The topological polar surface area (TPSA) is 72.2 Å². The first kappa shape index (κ1) is 12.0. The summed E-state index contributed by atoms with van der Waals surface area (Å²) in [5, 5.41) is 2.96. The molecule has 0 radical (unpaired) electrons. The standard InChI is InChI=1S/C11H20N2O2/c1-7(2)11(15)13-9-5-3-4-8(6-9)10(12)14/h7-9H,3-6H2,1-2H3,(H2,12,14)(H,13,15). The third-order valence-electron chi connectivity index (χ3n) is 2.95. The highest BCUT2D eigenvalue weighted by Crippen LogP contribution is 2.24. The van der Waals surface area contributed by atoms with Gasteiger partial charge in [0.1, 0.15) is 0 Å². The van der Waals surface area contributed by atoms with Gasteiger partial charge in [-0.2, -0.15) is 0 Å². The van der Waals surface area contributed by atoms with Crippen LogP contribution in [0.2, 0.25) is 0 Å². The zero-order valence-corrected chi connectivity index (χ0v) is 9.45. The lowest BCUT2D eigenvalue weighted by Crippen LogP contribution is -2.42. The van der Waals surface area contributed by atoms with E-state index in [0.29, 0.717) is 6.42 Å². The normalized spacial score (nSPS) is 26.3. The Morgan fingerprint density at radius 3 is 2.53 bits per heavy atom. The number of nitrogens with one attached hydrogen (secondary N) is 1. The van der Waals surface area contributed by atoms with Crippen molar-refractivity contribution in [2.75, 3.05) is 0 Å². The number of hydrogen-bond acceptors (Lipinski definition) is 2.